The van der Waals surface area contributed by atoms with Crippen molar-refractivity contribution in [3.8, 4) is 0 Å². The van der Waals surface area contributed by atoms with Crippen molar-refractivity contribution in [3.63, 3.8) is 0 Å². The summed E-state index contributed by atoms with van der Waals surface area (Å²) in [5.41, 5.74) is 2.46. The van der Waals surface area contributed by atoms with Gasteiger partial charge in [-0.3, -0.25) is 0 Å². The van der Waals surface area contributed by atoms with Crippen molar-refractivity contribution >= 4 is 0 Å². The number of hydrogen-bond acceptors (Lipinski definition) is 1. The SMILES string of the molecule is OCc1ccc(C2CC3C=CC2C3)cc1. The summed E-state index contributed by atoms with van der Waals surface area (Å²) in [7, 11) is 0. The minimum atomic E-state index is 0.150. The van der Waals surface area contributed by atoms with Crippen molar-refractivity contribution in [1.29, 1.82) is 0 Å². The number of rotatable bonds is 2. The third-order valence-corrected chi connectivity index (χ3v) is 3.87. The van der Waals surface area contributed by atoms with E-state index in [9.17, 15) is 0 Å². The van der Waals surface area contributed by atoms with Gasteiger partial charge in [-0.2, -0.15) is 0 Å². The van der Waals surface area contributed by atoms with Gasteiger partial charge >= 0.3 is 0 Å². The van der Waals surface area contributed by atoms with Crippen LogP contribution in [0.2, 0.25) is 0 Å². The Morgan fingerprint density at radius 3 is 2.40 bits per heavy atom. The molecule has 1 aromatic rings. The molecule has 0 spiro atoms. The van der Waals surface area contributed by atoms with Gasteiger partial charge in [0, 0.05) is 0 Å². The van der Waals surface area contributed by atoms with E-state index >= 15 is 0 Å². The quantitative estimate of drug-likeness (QED) is 0.728. The molecule has 2 aliphatic rings. The third kappa shape index (κ3) is 1.51. The highest BCUT2D eigenvalue weighted by atomic mass is 16.3. The lowest BCUT2D eigenvalue weighted by atomic mass is 9.86. The van der Waals surface area contributed by atoms with E-state index in [1.54, 1.807) is 0 Å². The van der Waals surface area contributed by atoms with Gasteiger partial charge in [0.2, 0.25) is 0 Å². The molecule has 2 bridgehead atoms. The molecule has 0 heterocycles. The molecule has 1 N–H and O–H groups in total. The van der Waals surface area contributed by atoms with Crippen LogP contribution < -0.4 is 0 Å². The first-order valence-electron chi connectivity index (χ1n) is 5.75. The number of benzene rings is 1. The summed E-state index contributed by atoms with van der Waals surface area (Å²) < 4.78 is 0. The van der Waals surface area contributed by atoms with Crippen LogP contribution in [0.1, 0.15) is 29.9 Å². The summed E-state index contributed by atoms with van der Waals surface area (Å²) >= 11 is 0. The molecular weight excluding hydrogens is 184 g/mol. The van der Waals surface area contributed by atoms with Crippen LogP contribution in [-0.4, -0.2) is 5.11 Å². The zero-order valence-electron chi connectivity index (χ0n) is 8.76. The predicted molar refractivity (Wildman–Crippen MR) is 60.5 cm³/mol. The van der Waals surface area contributed by atoms with Gasteiger partial charge in [-0.15, -0.1) is 0 Å². The lowest BCUT2D eigenvalue weighted by molar-refractivity contribution is 0.282. The van der Waals surface area contributed by atoms with E-state index in [0.717, 1.165) is 23.3 Å². The summed E-state index contributed by atoms with van der Waals surface area (Å²) in [6, 6.07) is 8.46. The van der Waals surface area contributed by atoms with Crippen LogP contribution >= 0.6 is 0 Å². The molecule has 0 aliphatic heterocycles. The molecule has 0 saturated heterocycles. The monoisotopic (exact) mass is 200 g/mol. The smallest absolute Gasteiger partial charge is 0.0681 e. The minimum absolute atomic E-state index is 0.150. The minimum Gasteiger partial charge on any atom is -0.392 e. The molecule has 15 heavy (non-hydrogen) atoms. The molecule has 0 aromatic heterocycles. The van der Waals surface area contributed by atoms with Gasteiger partial charge in [0.25, 0.3) is 0 Å². The Bertz CT molecular complexity index is 377. The maximum Gasteiger partial charge on any atom is 0.0681 e. The normalized spacial score (nSPS) is 32.5. The van der Waals surface area contributed by atoms with Gasteiger partial charge in [-0.05, 0) is 41.7 Å². The summed E-state index contributed by atoms with van der Waals surface area (Å²) in [5.74, 6) is 2.33. The highest BCUT2D eigenvalue weighted by Crippen LogP contribution is 2.48. The molecule has 1 aromatic carbocycles. The Balaban J connectivity index is 1.84. The molecule has 0 radical (unpaired) electrons. The van der Waals surface area contributed by atoms with Gasteiger partial charge in [0.1, 0.15) is 0 Å². The number of aliphatic hydroxyl groups excluding tert-OH is 1. The second kappa shape index (κ2) is 3.49. The van der Waals surface area contributed by atoms with Crippen LogP contribution in [0.25, 0.3) is 0 Å². The van der Waals surface area contributed by atoms with Crippen LogP contribution in [0.5, 0.6) is 0 Å². The number of aliphatic hydroxyl groups is 1. The van der Waals surface area contributed by atoms with Crippen molar-refractivity contribution in [2.24, 2.45) is 11.8 Å². The molecule has 3 atom stereocenters. The van der Waals surface area contributed by atoms with Gasteiger partial charge in [0.15, 0.2) is 0 Å². The maximum atomic E-state index is 8.99. The average molecular weight is 200 g/mol. The van der Waals surface area contributed by atoms with E-state index in [0.29, 0.717) is 0 Å². The van der Waals surface area contributed by atoms with Crippen LogP contribution in [-0.2, 0) is 6.61 Å². The van der Waals surface area contributed by atoms with Gasteiger partial charge in [0.05, 0.1) is 6.61 Å². The van der Waals surface area contributed by atoms with Gasteiger partial charge in [-0.1, -0.05) is 36.4 Å². The first kappa shape index (κ1) is 9.17. The van der Waals surface area contributed by atoms with E-state index in [-0.39, 0.29) is 6.61 Å². The number of fused-ring (bicyclic) bond motifs is 2. The topological polar surface area (TPSA) is 20.2 Å². The Hall–Kier alpha value is -1.08. The number of hydrogen-bond donors (Lipinski definition) is 1. The van der Waals surface area contributed by atoms with E-state index in [1.807, 2.05) is 12.1 Å². The average Bonchev–Trinajstić information content (AvgIpc) is 2.91. The van der Waals surface area contributed by atoms with Gasteiger partial charge < -0.3 is 5.11 Å². The fraction of sp³-hybridized carbons (Fsp3) is 0.429. The molecule has 0 amide bonds. The van der Waals surface area contributed by atoms with Crippen molar-refractivity contribution < 1.29 is 5.11 Å². The van der Waals surface area contributed by atoms with E-state index < -0.39 is 0 Å². The highest BCUT2D eigenvalue weighted by molar-refractivity contribution is 5.30. The Morgan fingerprint density at radius 1 is 1.07 bits per heavy atom. The molecule has 78 valence electrons. The first-order valence-corrected chi connectivity index (χ1v) is 5.75. The highest BCUT2D eigenvalue weighted by Gasteiger charge is 2.36. The molecule has 1 fully saturated rings. The van der Waals surface area contributed by atoms with E-state index in [1.165, 1.54) is 18.4 Å². The van der Waals surface area contributed by atoms with Crippen molar-refractivity contribution in [3.05, 3.63) is 47.5 Å². The lowest BCUT2D eigenvalue weighted by Crippen LogP contribution is -2.04. The van der Waals surface area contributed by atoms with Crippen molar-refractivity contribution in [2.75, 3.05) is 0 Å². The predicted octanol–water partition coefficient (Wildman–Crippen LogP) is 2.86. The van der Waals surface area contributed by atoms with Crippen LogP contribution in [0.4, 0.5) is 0 Å². The molecule has 1 heteroatoms. The van der Waals surface area contributed by atoms with Crippen molar-refractivity contribution in [2.45, 2.75) is 25.4 Å². The lowest BCUT2D eigenvalue weighted by Gasteiger charge is -2.18. The van der Waals surface area contributed by atoms with Crippen LogP contribution in [0, 0.1) is 11.8 Å². The van der Waals surface area contributed by atoms with E-state index in [4.69, 9.17) is 5.11 Å². The molecule has 3 unspecified atom stereocenters. The van der Waals surface area contributed by atoms with Gasteiger partial charge in [-0.25, -0.2) is 0 Å². The standard InChI is InChI=1S/C14H16O/c15-9-10-1-4-12(5-2-10)14-8-11-3-6-13(14)7-11/h1-6,11,13-15H,7-9H2. The summed E-state index contributed by atoms with van der Waals surface area (Å²) in [6.07, 6.45) is 7.44. The maximum absolute atomic E-state index is 8.99. The van der Waals surface area contributed by atoms with E-state index in [2.05, 4.69) is 24.3 Å². The molecule has 1 saturated carbocycles. The Labute approximate surface area is 90.4 Å². The second-order valence-corrected chi connectivity index (χ2v) is 4.79. The summed E-state index contributed by atoms with van der Waals surface area (Å²) in [6.45, 7) is 0.150. The van der Waals surface area contributed by atoms with Crippen LogP contribution in [0.3, 0.4) is 0 Å². The summed E-state index contributed by atoms with van der Waals surface area (Å²) in [4.78, 5) is 0. The van der Waals surface area contributed by atoms with Crippen LogP contribution in [0.15, 0.2) is 36.4 Å². The number of allylic oxidation sites excluding steroid dienone is 2. The first-order chi connectivity index (χ1) is 7.36. The molecule has 3 rings (SSSR count). The zero-order chi connectivity index (χ0) is 10.3. The largest absolute Gasteiger partial charge is 0.392 e. The third-order valence-electron chi connectivity index (χ3n) is 3.87. The fourth-order valence-electron chi connectivity index (χ4n) is 3.03. The Morgan fingerprint density at radius 2 is 1.87 bits per heavy atom. The second-order valence-electron chi connectivity index (χ2n) is 4.79. The zero-order valence-corrected chi connectivity index (χ0v) is 8.76. The molecule has 1 nitrogen and oxygen atoms in total. The van der Waals surface area contributed by atoms with Crippen molar-refractivity contribution in [1.82, 2.24) is 0 Å². The summed E-state index contributed by atoms with van der Waals surface area (Å²) in [5, 5.41) is 8.99. The fourth-order valence-corrected chi connectivity index (χ4v) is 3.03. The Kier molecular flexibility index (Phi) is 2.14. The molecular formula is C14H16O. The molecule has 2 aliphatic carbocycles.